The standard InChI is InChI=1S/C29H34F2N8O/c1-19-16-38(17-20(2)36(19)3)27-5-4-22(15-32-27)34-29-33-14-21-6-7-39(28(21)35-29)23-12-25(30)24(26(31)13-23)18-37-8-10-40-11-9-37/h4-7,12-15,19-20H,8-11,16-18H2,1-3H3,(H,33,34,35)/t19-,20+. The number of aromatic nitrogens is 4. The normalized spacial score (nSPS) is 20.8. The Bertz CT molecular complexity index is 1450. The predicted octanol–water partition coefficient (Wildman–Crippen LogP) is 4.20. The number of hydrogen-bond donors (Lipinski definition) is 1. The Hall–Kier alpha value is -3.67. The maximum Gasteiger partial charge on any atom is 0.229 e. The lowest BCUT2D eigenvalue weighted by Gasteiger charge is -2.43. The summed E-state index contributed by atoms with van der Waals surface area (Å²) in [5, 5.41) is 3.97. The minimum atomic E-state index is -0.578. The van der Waals surface area contributed by atoms with Gasteiger partial charge in [-0.25, -0.2) is 18.7 Å². The van der Waals surface area contributed by atoms with Gasteiger partial charge >= 0.3 is 0 Å². The number of morpholine rings is 1. The molecule has 11 heteroatoms. The zero-order valence-electron chi connectivity index (χ0n) is 23.0. The van der Waals surface area contributed by atoms with E-state index in [1.165, 1.54) is 12.1 Å². The van der Waals surface area contributed by atoms with E-state index in [2.05, 4.69) is 51.0 Å². The highest BCUT2D eigenvalue weighted by molar-refractivity contribution is 5.78. The van der Waals surface area contributed by atoms with E-state index >= 15 is 8.78 Å². The summed E-state index contributed by atoms with van der Waals surface area (Å²) in [7, 11) is 2.16. The zero-order valence-corrected chi connectivity index (χ0v) is 23.0. The first-order valence-electron chi connectivity index (χ1n) is 13.7. The third-order valence-corrected chi connectivity index (χ3v) is 8.00. The van der Waals surface area contributed by atoms with Crippen molar-refractivity contribution < 1.29 is 13.5 Å². The summed E-state index contributed by atoms with van der Waals surface area (Å²) in [5.74, 6) is 0.148. The molecule has 0 radical (unpaired) electrons. The first-order valence-corrected chi connectivity index (χ1v) is 13.7. The second kappa shape index (κ2) is 11.1. The highest BCUT2D eigenvalue weighted by atomic mass is 19.1. The van der Waals surface area contributed by atoms with Gasteiger partial charge in [0.1, 0.15) is 23.1 Å². The van der Waals surface area contributed by atoms with Gasteiger partial charge in [-0.3, -0.25) is 9.80 Å². The minimum Gasteiger partial charge on any atom is -0.379 e. The summed E-state index contributed by atoms with van der Waals surface area (Å²) in [6.07, 6.45) is 5.20. The molecule has 0 unspecified atom stereocenters. The summed E-state index contributed by atoms with van der Waals surface area (Å²) in [5.41, 5.74) is 1.72. The molecule has 3 aromatic heterocycles. The molecule has 1 N–H and O–H groups in total. The topological polar surface area (TPSA) is 74.6 Å². The lowest BCUT2D eigenvalue weighted by Crippen LogP contribution is -2.55. The van der Waals surface area contributed by atoms with Gasteiger partial charge in [0.25, 0.3) is 0 Å². The van der Waals surface area contributed by atoms with Crippen molar-refractivity contribution in [3.8, 4) is 5.69 Å². The Labute approximate surface area is 232 Å². The van der Waals surface area contributed by atoms with Gasteiger partial charge in [-0.15, -0.1) is 0 Å². The molecule has 0 saturated carbocycles. The number of nitrogens with one attached hydrogen (secondary N) is 1. The van der Waals surface area contributed by atoms with Gasteiger partial charge in [-0.2, -0.15) is 4.98 Å². The lowest BCUT2D eigenvalue weighted by molar-refractivity contribution is 0.0332. The molecule has 0 spiro atoms. The second-order valence-electron chi connectivity index (χ2n) is 10.7. The maximum absolute atomic E-state index is 15.1. The van der Waals surface area contributed by atoms with Gasteiger partial charge in [0, 0.05) is 68.2 Å². The van der Waals surface area contributed by atoms with Crippen molar-refractivity contribution in [3.63, 3.8) is 0 Å². The largest absolute Gasteiger partial charge is 0.379 e. The van der Waals surface area contributed by atoms with Crippen LogP contribution in [-0.2, 0) is 11.3 Å². The predicted molar refractivity (Wildman–Crippen MR) is 151 cm³/mol. The van der Waals surface area contributed by atoms with E-state index in [9.17, 15) is 0 Å². The quantitative estimate of drug-likeness (QED) is 0.385. The molecule has 0 bridgehead atoms. The van der Waals surface area contributed by atoms with Gasteiger partial charge in [-0.1, -0.05) is 0 Å². The fourth-order valence-corrected chi connectivity index (χ4v) is 5.42. The highest BCUT2D eigenvalue weighted by Gasteiger charge is 2.27. The third kappa shape index (κ3) is 5.36. The first-order chi connectivity index (χ1) is 19.4. The van der Waals surface area contributed by atoms with Crippen LogP contribution >= 0.6 is 0 Å². The van der Waals surface area contributed by atoms with E-state index in [1.54, 1.807) is 23.2 Å². The zero-order chi connectivity index (χ0) is 27.8. The molecule has 0 aliphatic carbocycles. The Kier molecular flexibility index (Phi) is 7.35. The number of piperazine rings is 1. The number of pyridine rings is 1. The van der Waals surface area contributed by atoms with Crippen LogP contribution in [0.4, 0.5) is 26.2 Å². The molecule has 0 amide bonds. The van der Waals surface area contributed by atoms with E-state index in [-0.39, 0.29) is 12.1 Å². The van der Waals surface area contributed by atoms with E-state index < -0.39 is 11.6 Å². The Balaban J connectivity index is 1.20. The maximum atomic E-state index is 15.1. The highest BCUT2D eigenvalue weighted by Crippen LogP contribution is 2.26. The van der Waals surface area contributed by atoms with Crippen LogP contribution in [0.3, 0.4) is 0 Å². The Morgan fingerprint density at radius 1 is 0.975 bits per heavy atom. The minimum absolute atomic E-state index is 0.0653. The number of likely N-dealkylation sites (N-methyl/N-ethyl adjacent to an activating group) is 1. The van der Waals surface area contributed by atoms with Crippen LogP contribution in [-0.4, -0.2) is 87.8 Å². The van der Waals surface area contributed by atoms with Crippen LogP contribution in [0, 0.1) is 11.6 Å². The number of hydrogen-bond acceptors (Lipinski definition) is 8. The summed E-state index contributed by atoms with van der Waals surface area (Å²) >= 11 is 0. The Morgan fingerprint density at radius 2 is 1.70 bits per heavy atom. The molecule has 210 valence electrons. The van der Waals surface area contributed by atoms with Crippen molar-refractivity contribution in [3.05, 3.63) is 66.1 Å². The number of ether oxygens (including phenoxy) is 1. The molecule has 6 rings (SSSR count). The fraction of sp³-hybridized carbons (Fsp3) is 0.414. The summed E-state index contributed by atoms with van der Waals surface area (Å²) in [4.78, 5) is 20.4. The number of nitrogens with zero attached hydrogens (tertiary/aromatic N) is 7. The molecule has 4 aromatic rings. The van der Waals surface area contributed by atoms with Crippen LogP contribution in [0.2, 0.25) is 0 Å². The molecule has 2 aliphatic rings. The molecule has 5 heterocycles. The van der Waals surface area contributed by atoms with E-state index in [0.29, 0.717) is 55.7 Å². The van der Waals surface area contributed by atoms with Gasteiger partial charge in [-0.05, 0) is 51.2 Å². The molecule has 2 fully saturated rings. The van der Waals surface area contributed by atoms with Crippen LogP contribution in [0.25, 0.3) is 16.7 Å². The lowest BCUT2D eigenvalue weighted by atomic mass is 10.1. The number of halogens is 2. The Morgan fingerprint density at radius 3 is 2.38 bits per heavy atom. The molecule has 9 nitrogen and oxygen atoms in total. The van der Waals surface area contributed by atoms with Crippen molar-refractivity contribution in [2.45, 2.75) is 32.5 Å². The van der Waals surface area contributed by atoms with Gasteiger partial charge in [0.15, 0.2) is 0 Å². The number of rotatable bonds is 6. The monoisotopic (exact) mass is 548 g/mol. The molecule has 40 heavy (non-hydrogen) atoms. The smallest absolute Gasteiger partial charge is 0.229 e. The van der Waals surface area contributed by atoms with Gasteiger partial charge < -0.3 is 19.5 Å². The van der Waals surface area contributed by atoms with Crippen LogP contribution in [0.1, 0.15) is 19.4 Å². The van der Waals surface area contributed by atoms with E-state index in [4.69, 9.17) is 4.74 Å². The summed E-state index contributed by atoms with van der Waals surface area (Å²) in [6, 6.07) is 9.39. The van der Waals surface area contributed by atoms with Crippen molar-refractivity contribution in [1.82, 2.24) is 29.3 Å². The SMILES string of the molecule is C[C@@H]1CN(c2ccc(Nc3ncc4ccn(-c5cc(F)c(CN6CCOCC6)c(F)c5)c4n3)cn2)C[C@H](C)N1C. The molecule has 2 saturated heterocycles. The molecular weight excluding hydrogens is 514 g/mol. The first kappa shape index (κ1) is 26.5. The molecule has 1 aromatic carbocycles. The van der Waals surface area contributed by atoms with Crippen LogP contribution < -0.4 is 10.2 Å². The van der Waals surface area contributed by atoms with Crippen LogP contribution in [0.5, 0.6) is 0 Å². The van der Waals surface area contributed by atoms with Crippen molar-refractivity contribution in [2.75, 3.05) is 56.7 Å². The van der Waals surface area contributed by atoms with E-state index in [1.807, 2.05) is 23.1 Å². The van der Waals surface area contributed by atoms with Crippen molar-refractivity contribution >= 4 is 28.5 Å². The van der Waals surface area contributed by atoms with Crippen molar-refractivity contribution in [1.29, 1.82) is 0 Å². The van der Waals surface area contributed by atoms with Crippen molar-refractivity contribution in [2.24, 2.45) is 0 Å². The average Bonchev–Trinajstić information content (AvgIpc) is 3.38. The van der Waals surface area contributed by atoms with E-state index in [0.717, 1.165) is 30.0 Å². The molecular formula is C29H34F2N8O. The number of anilines is 3. The number of fused-ring (bicyclic) bond motifs is 1. The number of benzene rings is 1. The molecule has 2 aliphatic heterocycles. The second-order valence-corrected chi connectivity index (χ2v) is 10.7. The molecule has 2 atom stereocenters. The average molecular weight is 549 g/mol. The summed E-state index contributed by atoms with van der Waals surface area (Å²) < 4.78 is 37.2. The summed E-state index contributed by atoms with van der Waals surface area (Å²) in [6.45, 7) is 8.96. The van der Waals surface area contributed by atoms with Crippen LogP contribution in [0.15, 0.2) is 48.9 Å². The van der Waals surface area contributed by atoms with Gasteiger partial charge in [0.2, 0.25) is 5.95 Å². The van der Waals surface area contributed by atoms with Gasteiger partial charge in [0.05, 0.1) is 30.8 Å². The fourth-order valence-electron chi connectivity index (χ4n) is 5.42. The third-order valence-electron chi connectivity index (χ3n) is 8.00.